The molecule has 8 heteroatoms. The van der Waals surface area contributed by atoms with E-state index in [0.29, 0.717) is 43.2 Å². The van der Waals surface area contributed by atoms with Gasteiger partial charge in [0, 0.05) is 38.5 Å². The van der Waals surface area contributed by atoms with Gasteiger partial charge in [-0.3, -0.25) is 14.6 Å². The fraction of sp³-hybridized carbons (Fsp3) is 0.500. The number of nitrogens with zero attached hydrogens (tertiary/aromatic N) is 4. The molecule has 3 rings (SSSR count). The summed E-state index contributed by atoms with van der Waals surface area (Å²) >= 11 is 0. The first-order valence-electron chi connectivity index (χ1n) is 8.85. The fourth-order valence-corrected chi connectivity index (χ4v) is 3.18. The molecular formula is C18H22N4O4. The van der Waals surface area contributed by atoms with Crippen molar-refractivity contribution in [2.24, 2.45) is 5.92 Å². The number of hydrogen-bond acceptors (Lipinski definition) is 6. The van der Waals surface area contributed by atoms with Gasteiger partial charge in [-0.2, -0.15) is 4.98 Å². The van der Waals surface area contributed by atoms with Gasteiger partial charge in [-0.05, 0) is 37.3 Å². The molecule has 0 aliphatic carbocycles. The van der Waals surface area contributed by atoms with Crippen LogP contribution in [0.25, 0.3) is 11.5 Å². The Morgan fingerprint density at radius 3 is 2.96 bits per heavy atom. The van der Waals surface area contributed by atoms with Gasteiger partial charge in [0.05, 0.1) is 0 Å². The van der Waals surface area contributed by atoms with Crippen molar-refractivity contribution in [3.63, 3.8) is 0 Å². The summed E-state index contributed by atoms with van der Waals surface area (Å²) in [5.74, 6) is 0.359. The zero-order valence-corrected chi connectivity index (χ0v) is 14.5. The van der Waals surface area contributed by atoms with Gasteiger partial charge in [0.15, 0.2) is 0 Å². The fourth-order valence-electron chi connectivity index (χ4n) is 3.18. The smallest absolute Gasteiger partial charge is 0.303 e. The Labute approximate surface area is 151 Å². The third kappa shape index (κ3) is 4.87. The molecule has 1 aliphatic heterocycles. The van der Waals surface area contributed by atoms with Gasteiger partial charge in [-0.25, -0.2) is 0 Å². The highest BCUT2D eigenvalue weighted by atomic mass is 16.5. The molecule has 1 atom stereocenters. The molecule has 138 valence electrons. The summed E-state index contributed by atoms with van der Waals surface area (Å²) in [7, 11) is 0. The first kappa shape index (κ1) is 18.0. The van der Waals surface area contributed by atoms with Gasteiger partial charge in [0.1, 0.15) is 5.69 Å². The molecule has 1 fully saturated rings. The van der Waals surface area contributed by atoms with E-state index in [0.717, 1.165) is 19.4 Å². The quantitative estimate of drug-likeness (QED) is 0.807. The minimum absolute atomic E-state index is 0.0441. The molecule has 2 aromatic heterocycles. The number of carbonyl (C=O) groups is 2. The third-order valence-electron chi connectivity index (χ3n) is 4.55. The van der Waals surface area contributed by atoms with Gasteiger partial charge in [0.2, 0.25) is 17.6 Å². The van der Waals surface area contributed by atoms with Crippen LogP contribution in [-0.4, -0.2) is 50.1 Å². The van der Waals surface area contributed by atoms with Gasteiger partial charge in [0.25, 0.3) is 0 Å². The van der Waals surface area contributed by atoms with E-state index in [1.807, 2.05) is 17.0 Å². The molecule has 0 radical (unpaired) electrons. The standard InChI is InChI=1S/C18H22N4O4/c23-16(22-11-3-4-13(12-22)6-9-17(24)25)8-7-15-20-18(21-26-15)14-5-1-2-10-19-14/h1-2,5,10,13H,3-4,6-9,11-12H2,(H,24,25). The van der Waals surface area contributed by atoms with E-state index in [-0.39, 0.29) is 18.2 Å². The maximum Gasteiger partial charge on any atom is 0.303 e. The molecule has 1 N–H and O–H groups in total. The maximum atomic E-state index is 12.4. The minimum Gasteiger partial charge on any atom is -0.481 e. The molecule has 1 aliphatic rings. The van der Waals surface area contributed by atoms with E-state index in [4.69, 9.17) is 9.63 Å². The number of aromatic nitrogens is 3. The Morgan fingerprint density at radius 2 is 2.19 bits per heavy atom. The summed E-state index contributed by atoms with van der Waals surface area (Å²) < 4.78 is 5.21. The number of amides is 1. The molecule has 1 amide bonds. The van der Waals surface area contributed by atoms with Gasteiger partial charge in [-0.1, -0.05) is 11.2 Å². The van der Waals surface area contributed by atoms with Crippen LogP contribution in [0.4, 0.5) is 0 Å². The number of hydrogen-bond donors (Lipinski definition) is 1. The Balaban J connectivity index is 1.49. The van der Waals surface area contributed by atoms with E-state index >= 15 is 0 Å². The SMILES string of the molecule is O=C(O)CCC1CCCN(C(=O)CCc2nc(-c3ccccn3)no2)C1. The zero-order chi connectivity index (χ0) is 18.4. The number of pyridine rings is 1. The van der Waals surface area contributed by atoms with Crippen molar-refractivity contribution < 1.29 is 19.2 Å². The summed E-state index contributed by atoms with van der Waals surface area (Å²) in [4.78, 5) is 33.4. The number of carboxylic acid groups (broad SMARTS) is 1. The number of piperidine rings is 1. The van der Waals surface area contributed by atoms with Crippen LogP contribution in [0.15, 0.2) is 28.9 Å². The van der Waals surface area contributed by atoms with E-state index in [9.17, 15) is 9.59 Å². The number of aryl methyl sites for hydroxylation is 1. The van der Waals surface area contributed by atoms with E-state index in [1.54, 1.807) is 12.3 Å². The topological polar surface area (TPSA) is 109 Å². The van der Waals surface area contributed by atoms with Crippen molar-refractivity contribution in [1.29, 1.82) is 0 Å². The highest BCUT2D eigenvalue weighted by Crippen LogP contribution is 2.22. The molecule has 0 aromatic carbocycles. The predicted octanol–water partition coefficient (Wildman–Crippen LogP) is 2.17. The summed E-state index contributed by atoms with van der Waals surface area (Å²) in [6, 6.07) is 5.45. The summed E-state index contributed by atoms with van der Waals surface area (Å²) in [5.41, 5.74) is 0.631. The van der Waals surface area contributed by atoms with Crippen molar-refractivity contribution in [1.82, 2.24) is 20.0 Å². The minimum atomic E-state index is -0.784. The molecule has 26 heavy (non-hydrogen) atoms. The number of carboxylic acids is 1. The molecule has 1 saturated heterocycles. The molecule has 0 bridgehead atoms. The van der Waals surface area contributed by atoms with E-state index in [2.05, 4.69) is 15.1 Å². The molecule has 0 spiro atoms. The lowest BCUT2D eigenvalue weighted by atomic mass is 9.93. The molecule has 0 saturated carbocycles. The molecule has 8 nitrogen and oxygen atoms in total. The summed E-state index contributed by atoms with van der Waals surface area (Å²) in [6.45, 7) is 1.36. The average molecular weight is 358 g/mol. The third-order valence-corrected chi connectivity index (χ3v) is 4.55. The number of aliphatic carboxylic acids is 1. The van der Waals surface area contributed by atoms with Gasteiger partial charge < -0.3 is 14.5 Å². The number of likely N-dealkylation sites (tertiary alicyclic amines) is 1. The van der Waals surface area contributed by atoms with Crippen molar-refractivity contribution >= 4 is 11.9 Å². The highest BCUT2D eigenvalue weighted by Gasteiger charge is 2.24. The van der Waals surface area contributed by atoms with Crippen molar-refractivity contribution in [2.45, 2.75) is 38.5 Å². The molecule has 3 heterocycles. The maximum absolute atomic E-state index is 12.4. The van der Waals surface area contributed by atoms with Gasteiger partial charge in [-0.15, -0.1) is 0 Å². The predicted molar refractivity (Wildman–Crippen MR) is 92.0 cm³/mol. The van der Waals surface area contributed by atoms with Crippen molar-refractivity contribution in [3.05, 3.63) is 30.3 Å². The second-order valence-corrected chi connectivity index (χ2v) is 6.51. The number of carbonyl (C=O) groups excluding carboxylic acids is 1. The Morgan fingerprint density at radius 1 is 1.31 bits per heavy atom. The Kier molecular flexibility index (Phi) is 5.93. The monoisotopic (exact) mass is 358 g/mol. The lowest BCUT2D eigenvalue weighted by Crippen LogP contribution is -2.40. The van der Waals surface area contributed by atoms with Crippen LogP contribution < -0.4 is 0 Å². The second kappa shape index (κ2) is 8.55. The van der Waals surface area contributed by atoms with Crippen LogP contribution in [0.5, 0.6) is 0 Å². The average Bonchev–Trinajstić information content (AvgIpc) is 3.14. The van der Waals surface area contributed by atoms with Crippen LogP contribution in [-0.2, 0) is 16.0 Å². The van der Waals surface area contributed by atoms with Crippen LogP contribution >= 0.6 is 0 Å². The van der Waals surface area contributed by atoms with Gasteiger partial charge >= 0.3 is 5.97 Å². The van der Waals surface area contributed by atoms with E-state index < -0.39 is 5.97 Å². The summed E-state index contributed by atoms with van der Waals surface area (Å²) in [5, 5.41) is 12.7. The first-order valence-corrected chi connectivity index (χ1v) is 8.85. The van der Waals surface area contributed by atoms with Crippen molar-refractivity contribution in [3.8, 4) is 11.5 Å². The molecule has 2 aromatic rings. The second-order valence-electron chi connectivity index (χ2n) is 6.51. The summed E-state index contributed by atoms with van der Waals surface area (Å²) in [6.07, 6.45) is 5.02. The molecule has 1 unspecified atom stereocenters. The first-order chi connectivity index (χ1) is 12.6. The lowest BCUT2D eigenvalue weighted by Gasteiger charge is -2.32. The largest absolute Gasteiger partial charge is 0.481 e. The Hall–Kier alpha value is -2.77. The van der Waals surface area contributed by atoms with E-state index in [1.165, 1.54) is 0 Å². The van der Waals surface area contributed by atoms with Crippen LogP contribution in [0.1, 0.15) is 38.0 Å². The van der Waals surface area contributed by atoms with Crippen LogP contribution in [0, 0.1) is 5.92 Å². The molecular weight excluding hydrogens is 336 g/mol. The Bertz CT molecular complexity index is 747. The number of rotatable bonds is 7. The van der Waals surface area contributed by atoms with Crippen molar-refractivity contribution in [2.75, 3.05) is 13.1 Å². The van der Waals surface area contributed by atoms with Crippen LogP contribution in [0.2, 0.25) is 0 Å². The van der Waals surface area contributed by atoms with Crippen LogP contribution in [0.3, 0.4) is 0 Å². The normalized spacial score (nSPS) is 17.2. The highest BCUT2D eigenvalue weighted by molar-refractivity contribution is 5.76. The zero-order valence-electron chi connectivity index (χ0n) is 14.5. The lowest BCUT2D eigenvalue weighted by molar-refractivity contribution is -0.137.